The topological polar surface area (TPSA) is 25.5 Å². The first-order valence-corrected chi connectivity index (χ1v) is 22.7. The van der Waals surface area contributed by atoms with E-state index in [-0.39, 0.29) is 12.0 Å². The van der Waals surface area contributed by atoms with Crippen LogP contribution in [0.2, 0.25) is 0 Å². The lowest BCUT2D eigenvalue weighted by atomic mass is 9.81. The predicted molar refractivity (Wildman–Crippen MR) is 270 cm³/mol. The Hall–Kier alpha value is -7.33. The molecule has 0 saturated heterocycles. The van der Waals surface area contributed by atoms with Crippen LogP contribution >= 0.6 is 11.3 Å². The zero-order chi connectivity index (χ0) is 42.3. The number of furan rings is 1. The lowest BCUT2D eigenvalue weighted by molar-refractivity contribution is 0.670. The van der Waals surface area contributed by atoms with Gasteiger partial charge >= 0.3 is 0 Å². The van der Waals surface area contributed by atoms with Crippen molar-refractivity contribution in [1.29, 1.82) is 0 Å². The summed E-state index contributed by atoms with van der Waals surface area (Å²) < 4.78 is 9.35. The first-order valence-electron chi connectivity index (χ1n) is 21.8. The maximum absolute atomic E-state index is 6.76. The van der Waals surface area contributed by atoms with Crippen LogP contribution in [0.15, 0.2) is 227 Å². The summed E-state index contributed by atoms with van der Waals surface area (Å²) in [7, 11) is 0. The molecule has 1 unspecified atom stereocenters. The van der Waals surface area contributed by atoms with Crippen LogP contribution in [-0.4, -0.2) is 11.8 Å². The molecular weight excluding hydrogens is 783 g/mol. The molecule has 0 fully saturated rings. The molecule has 8 aromatic carbocycles. The van der Waals surface area contributed by atoms with E-state index in [1.165, 1.54) is 53.6 Å². The monoisotopic (exact) mass is 827 g/mol. The summed E-state index contributed by atoms with van der Waals surface area (Å²) in [4.78, 5) is 5.57. The maximum Gasteiger partial charge on any atom is 0.143 e. The summed E-state index contributed by atoms with van der Waals surface area (Å²) in [6, 6.07) is 69.6. The van der Waals surface area contributed by atoms with Crippen LogP contribution in [0.4, 0.5) is 0 Å². The van der Waals surface area contributed by atoms with Gasteiger partial charge in [0.2, 0.25) is 0 Å². The van der Waals surface area contributed by atoms with Gasteiger partial charge in [-0.05, 0) is 106 Å². The SMILES string of the molecule is C/C(=C\C(=N[C@H](C)C1=CC(c2ccccc2)CC(c2ccccc2)=C1)c1ccc(-c2ccc(-c3ccc4c(c3)sc3ccccc34)c3oc4ccccc4c23)cc1)c1ccccc1. The van der Waals surface area contributed by atoms with Gasteiger partial charge in [-0.3, -0.25) is 4.99 Å². The van der Waals surface area contributed by atoms with Crippen LogP contribution in [0.3, 0.4) is 0 Å². The summed E-state index contributed by atoms with van der Waals surface area (Å²) in [5.74, 6) is 0.268. The fourth-order valence-corrected chi connectivity index (χ4v) is 10.5. The Morgan fingerprint density at radius 3 is 2.05 bits per heavy atom. The molecule has 0 aliphatic heterocycles. The van der Waals surface area contributed by atoms with Crippen molar-refractivity contribution in [3.8, 4) is 22.3 Å². The molecule has 10 aromatic rings. The van der Waals surface area contributed by atoms with Gasteiger partial charge in [-0.15, -0.1) is 11.3 Å². The van der Waals surface area contributed by atoms with Crippen molar-refractivity contribution < 1.29 is 4.42 Å². The Bertz CT molecular complexity index is 3420. The van der Waals surface area contributed by atoms with Crippen molar-refractivity contribution in [3.05, 3.63) is 240 Å². The predicted octanol–water partition coefficient (Wildman–Crippen LogP) is 16.8. The fraction of sp³-hybridized carbons (Fsp3) is 0.0833. The third-order valence-corrected chi connectivity index (χ3v) is 13.8. The van der Waals surface area contributed by atoms with E-state index in [1.54, 1.807) is 0 Å². The average Bonchev–Trinajstić information content (AvgIpc) is 3.93. The zero-order valence-corrected chi connectivity index (χ0v) is 36.1. The van der Waals surface area contributed by atoms with E-state index in [0.717, 1.165) is 61.9 Å². The minimum atomic E-state index is -0.0824. The lowest BCUT2D eigenvalue weighted by Gasteiger charge is -2.25. The highest BCUT2D eigenvalue weighted by molar-refractivity contribution is 7.25. The second kappa shape index (κ2) is 16.5. The van der Waals surface area contributed by atoms with Gasteiger partial charge < -0.3 is 4.42 Å². The van der Waals surface area contributed by atoms with E-state index in [4.69, 9.17) is 9.41 Å². The quantitative estimate of drug-likeness (QED) is 0.133. The van der Waals surface area contributed by atoms with E-state index in [2.05, 4.69) is 226 Å². The molecule has 2 atom stereocenters. The first-order chi connectivity index (χ1) is 31.0. The molecule has 63 heavy (non-hydrogen) atoms. The van der Waals surface area contributed by atoms with E-state index >= 15 is 0 Å². The number of nitrogens with zero attached hydrogens (tertiary/aromatic N) is 1. The Morgan fingerprint density at radius 2 is 1.25 bits per heavy atom. The smallest absolute Gasteiger partial charge is 0.143 e. The standard InChI is InChI=1S/C60H45NOS/c1-39(41-16-6-3-7-17-41)34-55(61-40(2)47-35-48(42-18-8-4-9-19-42)37-49(36-47)43-20-10-5-11-21-43)45-28-26-44(27-29-45)50-32-33-51(60-59(50)54-23-12-14-24-56(54)62-60)46-30-31-53-52-22-13-15-25-57(52)63-58(53)38-46/h3-36,38,40,48H,37H2,1-2H3/b39-34+,61-55?/t40-,48?/m1/s1. The Kier molecular flexibility index (Phi) is 10.1. The third kappa shape index (κ3) is 7.45. The molecule has 0 spiro atoms. The number of hydrogen-bond donors (Lipinski definition) is 0. The number of benzene rings is 8. The molecule has 0 amide bonds. The highest BCUT2D eigenvalue weighted by Gasteiger charge is 2.22. The van der Waals surface area contributed by atoms with Gasteiger partial charge in [-0.25, -0.2) is 0 Å². The van der Waals surface area contributed by atoms with Crippen molar-refractivity contribution in [2.45, 2.75) is 32.2 Å². The largest absolute Gasteiger partial charge is 0.455 e. The van der Waals surface area contributed by atoms with Gasteiger partial charge in [-0.1, -0.05) is 182 Å². The minimum Gasteiger partial charge on any atom is -0.455 e. The van der Waals surface area contributed by atoms with Crippen LogP contribution in [0.25, 0.3) is 75.5 Å². The fourth-order valence-electron chi connectivity index (χ4n) is 9.34. The molecule has 0 N–H and O–H groups in total. The average molecular weight is 828 g/mol. The number of thiophene rings is 1. The Balaban J connectivity index is 0.999. The van der Waals surface area contributed by atoms with Crippen LogP contribution in [0, 0.1) is 0 Å². The summed E-state index contributed by atoms with van der Waals surface area (Å²) >= 11 is 1.85. The number of para-hydroxylation sites is 1. The van der Waals surface area contributed by atoms with Crippen LogP contribution in [0.5, 0.6) is 0 Å². The highest BCUT2D eigenvalue weighted by Crippen LogP contribution is 2.44. The molecule has 0 radical (unpaired) electrons. The van der Waals surface area contributed by atoms with Crippen LogP contribution in [-0.2, 0) is 0 Å². The molecule has 302 valence electrons. The second-order valence-corrected chi connectivity index (χ2v) is 17.7. The van der Waals surface area contributed by atoms with Gasteiger partial charge in [0, 0.05) is 42.4 Å². The Labute approximate surface area is 372 Å². The van der Waals surface area contributed by atoms with Gasteiger partial charge in [0.1, 0.15) is 11.2 Å². The van der Waals surface area contributed by atoms with E-state index in [9.17, 15) is 0 Å². The molecule has 0 saturated carbocycles. The molecule has 11 rings (SSSR count). The normalized spacial score (nSPS) is 15.2. The number of rotatable bonds is 9. The van der Waals surface area contributed by atoms with Crippen molar-refractivity contribution >= 4 is 70.3 Å². The summed E-state index contributed by atoms with van der Waals surface area (Å²) in [5, 5.41) is 4.85. The molecule has 2 heterocycles. The molecule has 2 nitrogen and oxygen atoms in total. The van der Waals surface area contributed by atoms with Crippen LogP contribution in [0.1, 0.15) is 48.4 Å². The first kappa shape index (κ1) is 38.6. The van der Waals surface area contributed by atoms with Crippen molar-refractivity contribution in [2.24, 2.45) is 4.99 Å². The minimum absolute atomic E-state index is 0.0824. The van der Waals surface area contributed by atoms with Crippen LogP contribution < -0.4 is 0 Å². The highest BCUT2D eigenvalue weighted by atomic mass is 32.1. The van der Waals surface area contributed by atoms with Gasteiger partial charge in [-0.2, -0.15) is 0 Å². The van der Waals surface area contributed by atoms with Gasteiger partial charge in [0.05, 0.1) is 11.8 Å². The summed E-state index contributed by atoms with van der Waals surface area (Å²) in [6.07, 6.45) is 8.03. The number of fused-ring (bicyclic) bond motifs is 6. The molecule has 1 aliphatic carbocycles. The van der Waals surface area contributed by atoms with E-state index in [0.29, 0.717) is 0 Å². The van der Waals surface area contributed by atoms with E-state index in [1.807, 2.05) is 11.3 Å². The molecule has 2 aromatic heterocycles. The zero-order valence-electron chi connectivity index (χ0n) is 35.3. The molecule has 1 aliphatic rings. The van der Waals surface area contributed by atoms with Gasteiger partial charge in [0.25, 0.3) is 0 Å². The van der Waals surface area contributed by atoms with Crippen molar-refractivity contribution in [1.82, 2.24) is 0 Å². The summed E-state index contributed by atoms with van der Waals surface area (Å²) in [6.45, 7) is 4.42. The molecule has 0 bridgehead atoms. The lowest BCUT2D eigenvalue weighted by Crippen LogP contribution is -2.12. The maximum atomic E-state index is 6.76. The van der Waals surface area contributed by atoms with Crippen molar-refractivity contribution in [3.63, 3.8) is 0 Å². The summed E-state index contributed by atoms with van der Waals surface area (Å²) in [5.41, 5.74) is 15.9. The van der Waals surface area contributed by atoms with Crippen molar-refractivity contribution in [2.75, 3.05) is 0 Å². The molecule has 3 heteroatoms. The number of allylic oxidation sites excluding steroid dienone is 4. The Morgan fingerprint density at radius 1 is 0.603 bits per heavy atom. The molecular formula is C60H45NOS. The number of hydrogen-bond acceptors (Lipinski definition) is 3. The second-order valence-electron chi connectivity index (χ2n) is 16.7. The third-order valence-electron chi connectivity index (χ3n) is 12.7. The number of aliphatic imine (C=N–C) groups is 1. The van der Waals surface area contributed by atoms with Gasteiger partial charge in [0.15, 0.2) is 0 Å². The van der Waals surface area contributed by atoms with E-state index < -0.39 is 0 Å².